The van der Waals surface area contributed by atoms with E-state index in [4.69, 9.17) is 4.74 Å². The second kappa shape index (κ2) is 6.49. The molecule has 0 aliphatic rings. The van der Waals surface area contributed by atoms with Gasteiger partial charge in [0, 0.05) is 24.9 Å². The molecule has 0 aromatic carbocycles. The molecule has 1 N–H and O–H groups in total. The van der Waals surface area contributed by atoms with E-state index in [1.165, 1.54) is 17.1 Å². The Kier molecular flexibility index (Phi) is 5.26. The number of carbonyl (C=O) groups excluding carboxylic acids is 1. The summed E-state index contributed by atoms with van der Waals surface area (Å²) in [6.07, 6.45) is 0.347. The van der Waals surface area contributed by atoms with Gasteiger partial charge in [-0.15, -0.1) is 0 Å². The number of hydrogen-bond acceptors (Lipinski definition) is 3. The van der Waals surface area contributed by atoms with Crippen LogP contribution in [-0.4, -0.2) is 34.2 Å². The molecule has 1 rings (SSSR count). The van der Waals surface area contributed by atoms with E-state index in [9.17, 15) is 13.6 Å². The maximum Gasteiger partial charge on any atom is 0.407 e. The standard InChI is InChI=1S/C12H19F2N3O2/c1-12(2,3)19-11(18)16-5-4-9-6-15-8-17(9)7-10(13)14/h6,8,10H,4-5,7H2,1-3H3,(H,16,18). The van der Waals surface area contributed by atoms with E-state index in [2.05, 4.69) is 10.3 Å². The first kappa shape index (κ1) is 15.4. The van der Waals surface area contributed by atoms with Crippen LogP contribution in [-0.2, 0) is 17.7 Å². The highest BCUT2D eigenvalue weighted by Crippen LogP contribution is 2.07. The van der Waals surface area contributed by atoms with E-state index in [0.717, 1.165) is 0 Å². The van der Waals surface area contributed by atoms with Crippen LogP contribution < -0.4 is 5.32 Å². The number of nitrogens with zero attached hydrogens (tertiary/aromatic N) is 2. The van der Waals surface area contributed by atoms with Crippen molar-refractivity contribution in [3.63, 3.8) is 0 Å². The smallest absolute Gasteiger partial charge is 0.407 e. The number of aromatic nitrogens is 2. The first-order valence-corrected chi connectivity index (χ1v) is 6.02. The SMILES string of the molecule is CC(C)(C)OC(=O)NCCc1cncn1CC(F)F. The summed E-state index contributed by atoms with van der Waals surface area (Å²) < 4.78 is 31.0. The van der Waals surface area contributed by atoms with E-state index < -0.39 is 18.1 Å². The van der Waals surface area contributed by atoms with Gasteiger partial charge in [-0.25, -0.2) is 18.6 Å². The lowest BCUT2D eigenvalue weighted by atomic mass is 10.2. The summed E-state index contributed by atoms with van der Waals surface area (Å²) in [5.41, 5.74) is 0.0954. The molecule has 1 heterocycles. The summed E-state index contributed by atoms with van der Waals surface area (Å²) in [4.78, 5) is 15.2. The molecule has 7 heteroatoms. The lowest BCUT2D eigenvalue weighted by Gasteiger charge is -2.19. The maximum absolute atomic E-state index is 12.3. The van der Waals surface area contributed by atoms with Gasteiger partial charge in [0.15, 0.2) is 0 Å². The predicted molar refractivity (Wildman–Crippen MR) is 66.2 cm³/mol. The van der Waals surface area contributed by atoms with Crippen LogP contribution >= 0.6 is 0 Å². The average Bonchev–Trinajstić information content (AvgIpc) is 2.62. The number of carbonyl (C=O) groups is 1. The quantitative estimate of drug-likeness (QED) is 0.896. The number of alkyl carbamates (subject to hydrolysis) is 1. The van der Waals surface area contributed by atoms with Crippen molar-refractivity contribution in [3.05, 3.63) is 18.2 Å². The highest BCUT2D eigenvalue weighted by molar-refractivity contribution is 5.67. The molecule has 0 saturated carbocycles. The number of halogens is 2. The van der Waals surface area contributed by atoms with Gasteiger partial charge in [-0.2, -0.15) is 0 Å². The Morgan fingerprint density at radius 1 is 1.53 bits per heavy atom. The van der Waals surface area contributed by atoms with E-state index in [-0.39, 0.29) is 6.54 Å². The first-order chi connectivity index (χ1) is 8.78. The minimum Gasteiger partial charge on any atom is -0.444 e. The number of imidazole rings is 1. The van der Waals surface area contributed by atoms with Crippen molar-refractivity contribution in [2.75, 3.05) is 6.54 Å². The highest BCUT2D eigenvalue weighted by atomic mass is 19.3. The Hall–Kier alpha value is -1.66. The molecule has 19 heavy (non-hydrogen) atoms. The topological polar surface area (TPSA) is 56.1 Å². The van der Waals surface area contributed by atoms with Gasteiger partial charge in [-0.1, -0.05) is 0 Å². The normalized spacial score (nSPS) is 11.7. The van der Waals surface area contributed by atoms with E-state index >= 15 is 0 Å². The zero-order valence-corrected chi connectivity index (χ0v) is 11.3. The van der Waals surface area contributed by atoms with Crippen molar-refractivity contribution in [1.29, 1.82) is 0 Å². The Morgan fingerprint density at radius 2 is 2.21 bits per heavy atom. The van der Waals surface area contributed by atoms with Crippen molar-refractivity contribution in [3.8, 4) is 0 Å². The lowest BCUT2D eigenvalue weighted by Crippen LogP contribution is -2.33. The van der Waals surface area contributed by atoms with Crippen LogP contribution in [0.1, 0.15) is 26.5 Å². The Labute approximate surface area is 111 Å². The average molecular weight is 275 g/mol. The van der Waals surface area contributed by atoms with Crippen molar-refractivity contribution in [1.82, 2.24) is 14.9 Å². The van der Waals surface area contributed by atoms with Crippen LogP contribution in [0.3, 0.4) is 0 Å². The molecular weight excluding hydrogens is 256 g/mol. The van der Waals surface area contributed by atoms with Crippen LogP contribution in [0.15, 0.2) is 12.5 Å². The van der Waals surface area contributed by atoms with Crippen LogP contribution in [0.2, 0.25) is 0 Å². The minimum atomic E-state index is -2.42. The van der Waals surface area contributed by atoms with Gasteiger partial charge >= 0.3 is 6.09 Å². The summed E-state index contributed by atoms with van der Waals surface area (Å²) in [6.45, 7) is 5.23. The molecule has 0 radical (unpaired) electrons. The number of ether oxygens (including phenoxy) is 1. The number of rotatable bonds is 5. The molecule has 0 spiro atoms. The molecule has 1 amide bonds. The first-order valence-electron chi connectivity index (χ1n) is 6.02. The van der Waals surface area contributed by atoms with Crippen LogP contribution in [0.25, 0.3) is 0 Å². The number of alkyl halides is 2. The van der Waals surface area contributed by atoms with Crippen molar-refractivity contribution >= 4 is 6.09 Å². The van der Waals surface area contributed by atoms with Crippen molar-refractivity contribution in [2.45, 2.75) is 45.8 Å². The van der Waals surface area contributed by atoms with Gasteiger partial charge in [-0.3, -0.25) is 0 Å². The van der Waals surface area contributed by atoms with Gasteiger partial charge in [0.05, 0.1) is 12.9 Å². The van der Waals surface area contributed by atoms with Gasteiger partial charge in [0.25, 0.3) is 6.43 Å². The molecule has 1 aromatic rings. The van der Waals surface area contributed by atoms with Gasteiger partial charge in [-0.05, 0) is 20.8 Å². The molecule has 1 aromatic heterocycles. The third-order valence-electron chi connectivity index (χ3n) is 2.18. The fourth-order valence-corrected chi connectivity index (χ4v) is 1.48. The Morgan fingerprint density at radius 3 is 2.79 bits per heavy atom. The number of hydrogen-bond donors (Lipinski definition) is 1. The third kappa shape index (κ3) is 6.17. The fourth-order valence-electron chi connectivity index (χ4n) is 1.48. The predicted octanol–water partition coefficient (Wildman–Crippen LogP) is 2.22. The maximum atomic E-state index is 12.3. The molecule has 5 nitrogen and oxygen atoms in total. The summed E-state index contributed by atoms with van der Waals surface area (Å²) in [6, 6.07) is 0. The fraction of sp³-hybridized carbons (Fsp3) is 0.667. The summed E-state index contributed by atoms with van der Waals surface area (Å²) in [5, 5.41) is 2.57. The molecule has 108 valence electrons. The molecule has 0 aliphatic carbocycles. The van der Waals surface area contributed by atoms with E-state index in [1.807, 2.05) is 0 Å². The molecule has 0 fully saturated rings. The van der Waals surface area contributed by atoms with Crippen molar-refractivity contribution < 1.29 is 18.3 Å². The molecule has 0 saturated heterocycles. The number of nitrogens with one attached hydrogen (secondary N) is 1. The lowest BCUT2D eigenvalue weighted by molar-refractivity contribution is 0.0528. The second-order valence-corrected chi connectivity index (χ2v) is 5.11. The Bertz CT molecular complexity index is 413. The molecule has 0 aliphatic heterocycles. The molecule has 0 unspecified atom stereocenters. The van der Waals surface area contributed by atoms with Gasteiger partial charge in [0.1, 0.15) is 5.60 Å². The molecule has 0 atom stereocenters. The van der Waals surface area contributed by atoms with Crippen molar-refractivity contribution in [2.24, 2.45) is 0 Å². The van der Waals surface area contributed by atoms with Gasteiger partial charge in [0.2, 0.25) is 0 Å². The monoisotopic (exact) mass is 275 g/mol. The van der Waals surface area contributed by atoms with Gasteiger partial charge < -0.3 is 14.6 Å². The second-order valence-electron chi connectivity index (χ2n) is 5.11. The van der Waals surface area contributed by atoms with Crippen LogP contribution in [0.4, 0.5) is 13.6 Å². The molecule has 0 bridgehead atoms. The van der Waals surface area contributed by atoms with Crippen LogP contribution in [0.5, 0.6) is 0 Å². The van der Waals surface area contributed by atoms with E-state index in [0.29, 0.717) is 18.7 Å². The third-order valence-corrected chi connectivity index (χ3v) is 2.18. The largest absolute Gasteiger partial charge is 0.444 e. The summed E-state index contributed by atoms with van der Waals surface area (Å²) in [7, 11) is 0. The number of amides is 1. The summed E-state index contributed by atoms with van der Waals surface area (Å²) in [5.74, 6) is 0. The zero-order valence-electron chi connectivity index (χ0n) is 11.3. The Balaban J connectivity index is 2.37. The van der Waals surface area contributed by atoms with E-state index in [1.54, 1.807) is 20.8 Å². The minimum absolute atomic E-state index is 0.309. The zero-order chi connectivity index (χ0) is 14.5. The molecular formula is C12H19F2N3O2. The summed E-state index contributed by atoms with van der Waals surface area (Å²) >= 11 is 0. The highest BCUT2D eigenvalue weighted by Gasteiger charge is 2.15. The van der Waals surface area contributed by atoms with Crippen LogP contribution in [0, 0.1) is 0 Å².